The van der Waals surface area contributed by atoms with Gasteiger partial charge in [-0.25, -0.2) is 0 Å². The largest absolute Gasteiger partial charge is 0.307 e. The number of pyridine rings is 2. The number of nitrogens with zero attached hydrogens (tertiary/aromatic N) is 1. The normalized spacial score (nSPS) is 12.6. The van der Waals surface area contributed by atoms with Crippen molar-refractivity contribution in [2.75, 3.05) is 0 Å². The summed E-state index contributed by atoms with van der Waals surface area (Å²) in [7, 11) is 0. The van der Waals surface area contributed by atoms with Crippen LogP contribution in [0.3, 0.4) is 0 Å². The monoisotopic (exact) mass is 403 g/mol. The van der Waals surface area contributed by atoms with Gasteiger partial charge in [0, 0.05) is 26.9 Å². The molecule has 6 rings (SSSR count). The van der Waals surface area contributed by atoms with Crippen molar-refractivity contribution in [2.45, 2.75) is 26.2 Å². The number of fused-ring (bicyclic) bond motifs is 6. The Morgan fingerprint density at radius 2 is 1.19 bits per heavy atom. The van der Waals surface area contributed by atoms with E-state index in [9.17, 15) is 9.59 Å². The number of rotatable bonds is 0. The van der Waals surface area contributed by atoms with Crippen molar-refractivity contribution < 1.29 is 0 Å². The number of aromatic nitrogens is 1. The first-order valence-electron chi connectivity index (χ1n) is 10.5. The summed E-state index contributed by atoms with van der Waals surface area (Å²) in [6, 6.07) is 23.7. The maximum Gasteiger partial charge on any atom is 0.197 e. The van der Waals surface area contributed by atoms with Gasteiger partial charge in [0.2, 0.25) is 0 Å². The van der Waals surface area contributed by atoms with Gasteiger partial charge in [0.05, 0.1) is 16.6 Å². The average Bonchev–Trinajstić information content (AvgIpc) is 2.77. The van der Waals surface area contributed by atoms with Gasteiger partial charge >= 0.3 is 0 Å². The van der Waals surface area contributed by atoms with Crippen LogP contribution in [0.5, 0.6) is 0 Å². The van der Waals surface area contributed by atoms with Gasteiger partial charge in [-0.1, -0.05) is 63.2 Å². The minimum absolute atomic E-state index is 0.0217. The molecule has 6 aromatic rings. The zero-order valence-corrected chi connectivity index (χ0v) is 17.7. The Labute approximate surface area is 178 Å². The third kappa shape index (κ3) is 2.35. The van der Waals surface area contributed by atoms with E-state index in [1.54, 1.807) is 0 Å². The number of hydrogen-bond donors (Lipinski definition) is 0. The summed E-state index contributed by atoms with van der Waals surface area (Å²) in [5.41, 5.74) is 3.17. The molecule has 0 radical (unpaired) electrons. The average molecular weight is 403 g/mol. The molecule has 3 heteroatoms. The van der Waals surface area contributed by atoms with Gasteiger partial charge in [-0.2, -0.15) is 0 Å². The standard InChI is InChI=1S/C28H21NO2/c1-28(2,3)17-14-21-25-22(15-17)27(31)20-13-12-16-8-4-5-9-18(16)24(20)29(25)23-11-7-6-10-19(23)26(21)30/h4-15H,1-3H3. The first-order valence-corrected chi connectivity index (χ1v) is 10.5. The molecule has 0 unspecified atom stereocenters. The second kappa shape index (κ2) is 5.92. The van der Waals surface area contributed by atoms with Crippen LogP contribution in [-0.2, 0) is 5.41 Å². The Morgan fingerprint density at radius 3 is 1.90 bits per heavy atom. The fourth-order valence-corrected chi connectivity index (χ4v) is 4.84. The highest BCUT2D eigenvalue weighted by Crippen LogP contribution is 2.33. The molecule has 4 aromatic carbocycles. The summed E-state index contributed by atoms with van der Waals surface area (Å²) in [4.78, 5) is 27.3. The summed E-state index contributed by atoms with van der Waals surface area (Å²) in [6.07, 6.45) is 0. The molecule has 0 spiro atoms. The third-order valence-electron chi connectivity index (χ3n) is 6.45. The first-order chi connectivity index (χ1) is 14.9. The highest BCUT2D eigenvalue weighted by molar-refractivity contribution is 6.14. The molecular formula is C28H21NO2. The topological polar surface area (TPSA) is 38.5 Å². The molecule has 0 aliphatic carbocycles. The van der Waals surface area contributed by atoms with Crippen LogP contribution in [0, 0.1) is 0 Å². The molecule has 150 valence electrons. The fourth-order valence-electron chi connectivity index (χ4n) is 4.84. The highest BCUT2D eigenvalue weighted by atomic mass is 16.1. The van der Waals surface area contributed by atoms with E-state index >= 15 is 0 Å². The molecule has 31 heavy (non-hydrogen) atoms. The molecular weight excluding hydrogens is 382 g/mol. The van der Waals surface area contributed by atoms with E-state index in [1.165, 1.54) is 0 Å². The lowest BCUT2D eigenvalue weighted by Gasteiger charge is -2.22. The van der Waals surface area contributed by atoms with Gasteiger partial charge in [0.15, 0.2) is 10.9 Å². The SMILES string of the molecule is CC(C)(C)c1cc2c(=O)c3ccccc3n3c2c(c1)c(=O)c1ccc2ccccc2c13. The van der Waals surface area contributed by atoms with E-state index < -0.39 is 0 Å². The van der Waals surface area contributed by atoms with Gasteiger partial charge in [0.1, 0.15) is 0 Å². The lowest BCUT2D eigenvalue weighted by molar-refractivity contribution is 0.591. The van der Waals surface area contributed by atoms with Crippen molar-refractivity contribution in [1.82, 2.24) is 4.40 Å². The van der Waals surface area contributed by atoms with Gasteiger partial charge in [0.25, 0.3) is 0 Å². The van der Waals surface area contributed by atoms with Crippen LogP contribution in [0.1, 0.15) is 26.3 Å². The zero-order valence-electron chi connectivity index (χ0n) is 17.7. The molecule has 0 N–H and O–H groups in total. The van der Waals surface area contributed by atoms with E-state index in [2.05, 4.69) is 37.3 Å². The van der Waals surface area contributed by atoms with Crippen LogP contribution in [0.25, 0.3) is 48.9 Å². The predicted molar refractivity (Wildman–Crippen MR) is 130 cm³/mol. The van der Waals surface area contributed by atoms with Crippen molar-refractivity contribution in [3.63, 3.8) is 0 Å². The summed E-state index contributed by atoms with van der Waals surface area (Å²) in [6.45, 7) is 6.32. The van der Waals surface area contributed by atoms with Crippen molar-refractivity contribution >= 4 is 48.9 Å². The Morgan fingerprint density at radius 1 is 0.613 bits per heavy atom. The molecule has 3 nitrogen and oxygen atoms in total. The molecule has 2 heterocycles. The Hall–Kier alpha value is -3.72. The van der Waals surface area contributed by atoms with Gasteiger partial charge in [-0.15, -0.1) is 0 Å². The molecule has 0 fully saturated rings. The van der Waals surface area contributed by atoms with Crippen molar-refractivity contribution in [3.05, 3.63) is 98.8 Å². The summed E-state index contributed by atoms with van der Waals surface area (Å²) in [5, 5.41) is 4.63. The van der Waals surface area contributed by atoms with Crippen LogP contribution in [0.4, 0.5) is 0 Å². The Kier molecular flexibility index (Phi) is 3.45. The maximum atomic E-state index is 13.7. The Bertz CT molecular complexity index is 1780. The number of benzene rings is 4. The molecule has 2 aromatic heterocycles. The Balaban J connectivity index is 2.08. The van der Waals surface area contributed by atoms with E-state index in [-0.39, 0.29) is 16.3 Å². The third-order valence-corrected chi connectivity index (χ3v) is 6.45. The van der Waals surface area contributed by atoms with E-state index in [4.69, 9.17) is 0 Å². The van der Waals surface area contributed by atoms with E-state index in [0.717, 1.165) is 27.4 Å². The molecule has 0 atom stereocenters. The minimum atomic E-state index is -0.183. The van der Waals surface area contributed by atoms with Gasteiger partial charge in [-0.05, 0) is 46.7 Å². The second-order valence-electron chi connectivity index (χ2n) is 9.36. The smallest absolute Gasteiger partial charge is 0.197 e. The summed E-state index contributed by atoms with van der Waals surface area (Å²) >= 11 is 0. The minimum Gasteiger partial charge on any atom is -0.307 e. The van der Waals surface area contributed by atoms with Crippen LogP contribution in [-0.4, -0.2) is 4.40 Å². The predicted octanol–water partition coefficient (Wildman–Crippen LogP) is 6.01. The zero-order chi connectivity index (χ0) is 21.5. The van der Waals surface area contributed by atoms with Crippen molar-refractivity contribution in [2.24, 2.45) is 0 Å². The van der Waals surface area contributed by atoms with E-state index in [1.807, 2.05) is 60.7 Å². The van der Waals surface area contributed by atoms with Crippen LogP contribution >= 0.6 is 0 Å². The van der Waals surface area contributed by atoms with E-state index in [0.29, 0.717) is 27.1 Å². The highest BCUT2D eigenvalue weighted by Gasteiger charge is 2.22. The van der Waals surface area contributed by atoms with Crippen LogP contribution in [0.15, 0.2) is 82.4 Å². The van der Waals surface area contributed by atoms with Crippen LogP contribution in [0.2, 0.25) is 0 Å². The van der Waals surface area contributed by atoms with Crippen molar-refractivity contribution in [3.8, 4) is 0 Å². The van der Waals surface area contributed by atoms with Gasteiger partial charge < -0.3 is 4.40 Å². The quantitative estimate of drug-likeness (QED) is 0.230. The molecule has 0 saturated carbocycles. The molecule has 0 saturated heterocycles. The molecule has 0 amide bonds. The lowest BCUT2D eigenvalue weighted by Crippen LogP contribution is -2.18. The summed E-state index contributed by atoms with van der Waals surface area (Å²) in [5.74, 6) is 0. The van der Waals surface area contributed by atoms with Crippen LogP contribution < -0.4 is 10.9 Å². The molecule has 0 aliphatic heterocycles. The number of hydrogen-bond acceptors (Lipinski definition) is 2. The summed E-state index contributed by atoms with van der Waals surface area (Å²) < 4.78 is 2.13. The fraction of sp³-hybridized carbons (Fsp3) is 0.143. The van der Waals surface area contributed by atoms with Crippen molar-refractivity contribution in [1.29, 1.82) is 0 Å². The van der Waals surface area contributed by atoms with Gasteiger partial charge in [-0.3, -0.25) is 9.59 Å². The lowest BCUT2D eigenvalue weighted by atomic mass is 9.85. The molecule has 0 aliphatic rings. The maximum absolute atomic E-state index is 13.7. The second-order valence-corrected chi connectivity index (χ2v) is 9.36. The molecule has 0 bridgehead atoms. The first kappa shape index (κ1) is 18.1. The number of para-hydroxylation sites is 1.